The predicted molar refractivity (Wildman–Crippen MR) is 40.5 cm³/mol. The molecule has 0 aromatic carbocycles. The minimum atomic E-state index is -0.744. The van der Waals surface area contributed by atoms with Crippen LogP contribution < -0.4 is 0 Å². The van der Waals surface area contributed by atoms with Gasteiger partial charge >= 0.3 is 0 Å². The van der Waals surface area contributed by atoms with E-state index in [9.17, 15) is 14.4 Å². The Morgan fingerprint density at radius 3 is 1.67 bits per heavy atom. The van der Waals surface area contributed by atoms with E-state index in [-0.39, 0.29) is 11.8 Å². The van der Waals surface area contributed by atoms with Crippen molar-refractivity contribution in [1.82, 2.24) is 0 Å². The maximum atomic E-state index is 11.2. The molecule has 64 valence electrons. The molecule has 2 unspecified atom stereocenters. The smallest absolute Gasteiger partial charge is 0.264 e. The quantitative estimate of drug-likeness (QED) is 0.493. The van der Waals surface area contributed by atoms with Crippen molar-refractivity contribution in [3.63, 3.8) is 0 Å². The normalized spacial score (nSPS) is 35.5. The molecule has 0 radical (unpaired) electrons. The second-order valence-corrected chi connectivity index (χ2v) is 3.56. The zero-order valence-corrected chi connectivity index (χ0v) is 6.71. The molecule has 0 aliphatic heterocycles. The third-order valence-corrected chi connectivity index (χ3v) is 2.89. The Morgan fingerprint density at radius 2 is 1.25 bits per heavy atom. The fraction of sp³-hybridized carbons (Fsp3) is 0.667. The van der Waals surface area contributed by atoms with Gasteiger partial charge in [-0.1, -0.05) is 12.8 Å². The molecule has 2 fully saturated rings. The lowest BCUT2D eigenvalue weighted by Gasteiger charge is -2.20. The molecule has 0 N–H and O–H groups in total. The standard InChI is InChI=1S/C9H10O3/c10-7-5-3-1-2-4-6(5)8(11)9(7)12/h5-6H,1-4H2. The zero-order chi connectivity index (χ0) is 8.72. The van der Waals surface area contributed by atoms with Gasteiger partial charge in [0, 0.05) is 11.8 Å². The van der Waals surface area contributed by atoms with E-state index < -0.39 is 17.3 Å². The topological polar surface area (TPSA) is 51.2 Å². The Labute approximate surface area is 70.1 Å². The number of rotatable bonds is 0. The zero-order valence-electron chi connectivity index (χ0n) is 6.71. The largest absolute Gasteiger partial charge is 0.290 e. The molecular formula is C9H10O3. The molecule has 2 aliphatic carbocycles. The fourth-order valence-electron chi connectivity index (χ4n) is 2.22. The van der Waals surface area contributed by atoms with Crippen LogP contribution in [0.2, 0.25) is 0 Å². The molecule has 0 spiro atoms. The van der Waals surface area contributed by atoms with Crippen molar-refractivity contribution in [1.29, 1.82) is 0 Å². The molecule has 3 nitrogen and oxygen atoms in total. The van der Waals surface area contributed by atoms with E-state index in [1.165, 1.54) is 0 Å². The number of hydrogen-bond donors (Lipinski definition) is 0. The third kappa shape index (κ3) is 0.854. The lowest BCUT2D eigenvalue weighted by Crippen LogP contribution is -2.21. The first kappa shape index (κ1) is 7.65. The first-order valence-corrected chi connectivity index (χ1v) is 4.34. The van der Waals surface area contributed by atoms with Crippen LogP contribution in [0.1, 0.15) is 25.7 Å². The number of Topliss-reactive ketones (excluding diaryl/α,β-unsaturated/α-hetero) is 3. The van der Waals surface area contributed by atoms with Crippen molar-refractivity contribution in [3.05, 3.63) is 0 Å². The first-order chi connectivity index (χ1) is 5.72. The maximum absolute atomic E-state index is 11.2. The molecule has 12 heavy (non-hydrogen) atoms. The highest BCUT2D eigenvalue weighted by molar-refractivity contribution is 6.68. The van der Waals surface area contributed by atoms with Gasteiger partial charge in [0.1, 0.15) is 0 Å². The SMILES string of the molecule is O=C1C(=O)C2CCCCC2C1=O. The third-order valence-electron chi connectivity index (χ3n) is 2.89. The number of hydrogen-bond acceptors (Lipinski definition) is 3. The van der Waals surface area contributed by atoms with Crippen LogP contribution in [0, 0.1) is 11.8 Å². The predicted octanol–water partition coefficient (Wildman–Crippen LogP) is 0.514. The van der Waals surface area contributed by atoms with E-state index in [4.69, 9.17) is 0 Å². The summed E-state index contributed by atoms with van der Waals surface area (Å²) in [5, 5.41) is 0. The van der Waals surface area contributed by atoms with Crippen molar-refractivity contribution in [2.24, 2.45) is 11.8 Å². The van der Waals surface area contributed by atoms with Crippen LogP contribution in [0.15, 0.2) is 0 Å². The molecule has 0 bridgehead atoms. The van der Waals surface area contributed by atoms with Crippen LogP contribution in [-0.4, -0.2) is 17.3 Å². The van der Waals surface area contributed by atoms with Crippen molar-refractivity contribution in [2.45, 2.75) is 25.7 Å². The van der Waals surface area contributed by atoms with Gasteiger partial charge in [-0.3, -0.25) is 14.4 Å². The summed E-state index contributed by atoms with van der Waals surface area (Å²) in [7, 11) is 0. The Balaban J connectivity index is 2.31. The molecule has 2 rings (SSSR count). The minimum Gasteiger partial charge on any atom is -0.290 e. The molecule has 3 heteroatoms. The molecule has 0 saturated heterocycles. The summed E-state index contributed by atoms with van der Waals surface area (Å²) in [5.74, 6) is -2.10. The van der Waals surface area contributed by atoms with Gasteiger partial charge in [-0.25, -0.2) is 0 Å². The Kier molecular flexibility index (Phi) is 1.60. The lowest BCUT2D eigenvalue weighted by atomic mass is 9.81. The van der Waals surface area contributed by atoms with Crippen LogP contribution >= 0.6 is 0 Å². The van der Waals surface area contributed by atoms with E-state index in [1.807, 2.05) is 0 Å². The summed E-state index contributed by atoms with van der Waals surface area (Å²) in [6, 6.07) is 0. The van der Waals surface area contributed by atoms with Gasteiger partial charge in [0.05, 0.1) is 0 Å². The summed E-state index contributed by atoms with van der Waals surface area (Å²) in [4.78, 5) is 33.3. The molecule has 0 amide bonds. The molecule has 2 saturated carbocycles. The van der Waals surface area contributed by atoms with Crippen molar-refractivity contribution in [2.75, 3.05) is 0 Å². The molecule has 2 aliphatic rings. The van der Waals surface area contributed by atoms with Crippen molar-refractivity contribution < 1.29 is 14.4 Å². The minimum absolute atomic E-state index is 0.251. The average Bonchev–Trinajstić information content (AvgIpc) is 2.33. The molecule has 0 aromatic heterocycles. The van der Waals surface area contributed by atoms with E-state index in [2.05, 4.69) is 0 Å². The number of carbonyl (C=O) groups excluding carboxylic acids is 3. The first-order valence-electron chi connectivity index (χ1n) is 4.34. The summed E-state index contributed by atoms with van der Waals surface area (Å²) < 4.78 is 0. The molecular weight excluding hydrogens is 156 g/mol. The highest BCUT2D eigenvalue weighted by Crippen LogP contribution is 2.36. The number of carbonyl (C=O) groups is 3. The van der Waals surface area contributed by atoms with Crippen LogP contribution in [0.25, 0.3) is 0 Å². The average molecular weight is 166 g/mol. The van der Waals surface area contributed by atoms with Gasteiger partial charge in [-0.2, -0.15) is 0 Å². The van der Waals surface area contributed by atoms with Gasteiger partial charge in [0.15, 0.2) is 0 Å². The van der Waals surface area contributed by atoms with Gasteiger partial charge in [0.25, 0.3) is 5.78 Å². The van der Waals surface area contributed by atoms with Crippen LogP contribution in [-0.2, 0) is 14.4 Å². The Morgan fingerprint density at radius 1 is 0.833 bits per heavy atom. The fourth-order valence-corrected chi connectivity index (χ4v) is 2.22. The number of fused-ring (bicyclic) bond motifs is 1. The maximum Gasteiger partial charge on any atom is 0.264 e. The highest BCUT2D eigenvalue weighted by Gasteiger charge is 2.48. The number of ketones is 3. The second-order valence-electron chi connectivity index (χ2n) is 3.56. The van der Waals surface area contributed by atoms with Crippen LogP contribution in [0.5, 0.6) is 0 Å². The van der Waals surface area contributed by atoms with Gasteiger partial charge in [-0.15, -0.1) is 0 Å². The van der Waals surface area contributed by atoms with E-state index in [0.717, 1.165) is 25.7 Å². The summed E-state index contributed by atoms with van der Waals surface area (Å²) in [5.41, 5.74) is 0. The Hall–Kier alpha value is -0.990. The monoisotopic (exact) mass is 166 g/mol. The van der Waals surface area contributed by atoms with E-state index in [0.29, 0.717) is 0 Å². The highest BCUT2D eigenvalue weighted by atomic mass is 16.2. The van der Waals surface area contributed by atoms with E-state index >= 15 is 0 Å². The Bertz CT molecular complexity index is 241. The van der Waals surface area contributed by atoms with Gasteiger partial charge in [0.2, 0.25) is 11.6 Å². The molecule has 2 atom stereocenters. The van der Waals surface area contributed by atoms with Crippen molar-refractivity contribution >= 4 is 17.3 Å². The second kappa shape index (κ2) is 2.51. The molecule has 0 heterocycles. The van der Waals surface area contributed by atoms with E-state index in [1.54, 1.807) is 0 Å². The van der Waals surface area contributed by atoms with Crippen LogP contribution in [0.4, 0.5) is 0 Å². The lowest BCUT2D eigenvalue weighted by molar-refractivity contribution is -0.141. The van der Waals surface area contributed by atoms with Gasteiger partial charge < -0.3 is 0 Å². The summed E-state index contributed by atoms with van der Waals surface area (Å²) in [6.07, 6.45) is 3.43. The van der Waals surface area contributed by atoms with Gasteiger partial charge in [-0.05, 0) is 12.8 Å². The van der Waals surface area contributed by atoms with Crippen LogP contribution in [0.3, 0.4) is 0 Å². The summed E-state index contributed by atoms with van der Waals surface area (Å²) >= 11 is 0. The summed E-state index contributed by atoms with van der Waals surface area (Å²) in [6.45, 7) is 0. The molecule has 0 aromatic rings. The van der Waals surface area contributed by atoms with Crippen molar-refractivity contribution in [3.8, 4) is 0 Å².